The summed E-state index contributed by atoms with van der Waals surface area (Å²) in [7, 11) is 0. The van der Waals surface area contributed by atoms with Gasteiger partial charge >= 0.3 is 0 Å². The van der Waals surface area contributed by atoms with Crippen molar-refractivity contribution in [2.75, 3.05) is 5.32 Å². The largest absolute Gasteiger partial charge is 0.330 e. The number of benzene rings is 2. The molecule has 1 aromatic heterocycles. The Bertz CT molecular complexity index is 579. The SMILES string of the molecule is c1ccc(Cc2nnc(Nc3ccccc3)s2)cc1. The molecule has 0 aliphatic rings. The van der Waals surface area contributed by atoms with E-state index < -0.39 is 0 Å². The van der Waals surface area contributed by atoms with Crippen LogP contribution in [0.4, 0.5) is 10.8 Å². The molecule has 3 rings (SSSR count). The third-order valence-corrected chi connectivity index (χ3v) is 3.53. The molecule has 0 aliphatic heterocycles. The van der Waals surface area contributed by atoms with Crippen LogP contribution in [0.25, 0.3) is 0 Å². The Kier molecular flexibility index (Phi) is 3.51. The number of para-hydroxylation sites is 1. The molecule has 3 nitrogen and oxygen atoms in total. The Morgan fingerprint density at radius 2 is 1.53 bits per heavy atom. The first-order chi connectivity index (χ1) is 9.40. The molecule has 0 saturated heterocycles. The molecular formula is C15H13N3S. The molecule has 19 heavy (non-hydrogen) atoms. The van der Waals surface area contributed by atoms with E-state index in [1.165, 1.54) is 5.56 Å². The maximum absolute atomic E-state index is 4.21. The Balaban J connectivity index is 1.70. The van der Waals surface area contributed by atoms with Gasteiger partial charge in [0.1, 0.15) is 5.01 Å². The van der Waals surface area contributed by atoms with Gasteiger partial charge in [0.25, 0.3) is 0 Å². The highest BCUT2D eigenvalue weighted by molar-refractivity contribution is 7.15. The van der Waals surface area contributed by atoms with Crippen molar-refractivity contribution >= 4 is 22.2 Å². The molecule has 0 bridgehead atoms. The highest BCUT2D eigenvalue weighted by Gasteiger charge is 2.05. The fourth-order valence-electron chi connectivity index (χ4n) is 1.79. The molecule has 2 aromatic carbocycles. The fourth-order valence-corrected chi connectivity index (χ4v) is 2.59. The van der Waals surface area contributed by atoms with E-state index in [1.54, 1.807) is 11.3 Å². The molecule has 0 unspecified atom stereocenters. The van der Waals surface area contributed by atoms with Crippen molar-refractivity contribution in [1.82, 2.24) is 10.2 Å². The number of nitrogens with zero attached hydrogens (tertiary/aromatic N) is 2. The van der Waals surface area contributed by atoms with E-state index in [1.807, 2.05) is 48.5 Å². The number of rotatable bonds is 4. The summed E-state index contributed by atoms with van der Waals surface area (Å²) in [5, 5.41) is 13.5. The third-order valence-electron chi connectivity index (χ3n) is 2.69. The van der Waals surface area contributed by atoms with Gasteiger partial charge < -0.3 is 5.32 Å². The third kappa shape index (κ3) is 3.17. The van der Waals surface area contributed by atoms with Crippen LogP contribution in [-0.2, 0) is 6.42 Å². The van der Waals surface area contributed by atoms with Crippen LogP contribution >= 0.6 is 11.3 Å². The average molecular weight is 267 g/mol. The van der Waals surface area contributed by atoms with Gasteiger partial charge in [0.15, 0.2) is 0 Å². The van der Waals surface area contributed by atoms with Gasteiger partial charge in [-0.25, -0.2) is 0 Å². The molecule has 0 fully saturated rings. The monoisotopic (exact) mass is 267 g/mol. The van der Waals surface area contributed by atoms with Gasteiger partial charge in [-0.2, -0.15) is 0 Å². The summed E-state index contributed by atoms with van der Waals surface area (Å²) in [5.41, 5.74) is 2.29. The Hall–Kier alpha value is -2.20. The van der Waals surface area contributed by atoms with E-state index >= 15 is 0 Å². The van der Waals surface area contributed by atoms with Crippen LogP contribution in [0.2, 0.25) is 0 Å². The van der Waals surface area contributed by atoms with Gasteiger partial charge in [0.2, 0.25) is 5.13 Å². The number of nitrogens with one attached hydrogen (secondary N) is 1. The molecule has 3 aromatic rings. The molecule has 0 saturated carbocycles. The molecule has 0 atom stereocenters. The standard InChI is InChI=1S/C15H13N3S/c1-3-7-12(8-4-1)11-14-17-18-15(19-14)16-13-9-5-2-6-10-13/h1-10H,11H2,(H,16,18). The van der Waals surface area contributed by atoms with E-state index in [4.69, 9.17) is 0 Å². The maximum atomic E-state index is 4.21. The van der Waals surface area contributed by atoms with Crippen LogP contribution in [-0.4, -0.2) is 10.2 Å². The molecule has 0 aliphatic carbocycles. The second-order valence-electron chi connectivity index (χ2n) is 4.15. The smallest absolute Gasteiger partial charge is 0.210 e. The molecule has 94 valence electrons. The highest BCUT2D eigenvalue weighted by Crippen LogP contribution is 2.22. The van der Waals surface area contributed by atoms with Gasteiger partial charge in [-0.15, -0.1) is 10.2 Å². The Labute approximate surface area is 116 Å². The molecule has 1 N–H and O–H groups in total. The minimum Gasteiger partial charge on any atom is -0.330 e. The lowest BCUT2D eigenvalue weighted by molar-refractivity contribution is 1.01. The Morgan fingerprint density at radius 1 is 0.842 bits per heavy atom. The van der Waals surface area contributed by atoms with E-state index in [9.17, 15) is 0 Å². The van der Waals surface area contributed by atoms with Crippen LogP contribution in [0.3, 0.4) is 0 Å². The lowest BCUT2D eigenvalue weighted by Gasteiger charge is -1.99. The number of hydrogen-bond acceptors (Lipinski definition) is 4. The number of aromatic nitrogens is 2. The number of hydrogen-bond donors (Lipinski definition) is 1. The van der Waals surface area contributed by atoms with Crippen molar-refractivity contribution in [2.24, 2.45) is 0 Å². The van der Waals surface area contributed by atoms with E-state index in [0.717, 1.165) is 22.2 Å². The van der Waals surface area contributed by atoms with Crippen LogP contribution in [0.15, 0.2) is 60.7 Å². The summed E-state index contributed by atoms with van der Waals surface area (Å²) >= 11 is 1.59. The molecule has 4 heteroatoms. The van der Waals surface area contributed by atoms with E-state index in [2.05, 4.69) is 27.6 Å². The normalized spacial score (nSPS) is 10.3. The summed E-state index contributed by atoms with van der Waals surface area (Å²) in [6.07, 6.45) is 0.828. The minimum absolute atomic E-state index is 0.828. The van der Waals surface area contributed by atoms with Gasteiger partial charge in [0, 0.05) is 12.1 Å². The van der Waals surface area contributed by atoms with E-state index in [0.29, 0.717) is 0 Å². The molecule has 0 amide bonds. The van der Waals surface area contributed by atoms with Gasteiger partial charge in [0.05, 0.1) is 0 Å². The van der Waals surface area contributed by atoms with Crippen LogP contribution < -0.4 is 5.32 Å². The molecule has 0 radical (unpaired) electrons. The zero-order chi connectivity index (χ0) is 12.9. The first-order valence-corrected chi connectivity index (χ1v) is 6.90. The zero-order valence-electron chi connectivity index (χ0n) is 10.3. The predicted octanol–water partition coefficient (Wildman–Crippen LogP) is 3.87. The van der Waals surface area contributed by atoms with Crippen molar-refractivity contribution in [3.8, 4) is 0 Å². The number of anilines is 2. The maximum Gasteiger partial charge on any atom is 0.210 e. The predicted molar refractivity (Wildman–Crippen MR) is 78.9 cm³/mol. The van der Waals surface area contributed by atoms with Gasteiger partial charge in [-0.05, 0) is 17.7 Å². The highest BCUT2D eigenvalue weighted by atomic mass is 32.1. The van der Waals surface area contributed by atoms with Crippen molar-refractivity contribution in [1.29, 1.82) is 0 Å². The molecular weight excluding hydrogens is 254 g/mol. The topological polar surface area (TPSA) is 37.8 Å². The van der Waals surface area contributed by atoms with Crippen LogP contribution in [0.5, 0.6) is 0 Å². The quantitative estimate of drug-likeness (QED) is 0.779. The van der Waals surface area contributed by atoms with Crippen molar-refractivity contribution in [2.45, 2.75) is 6.42 Å². The van der Waals surface area contributed by atoms with Gasteiger partial charge in [-0.3, -0.25) is 0 Å². The lowest BCUT2D eigenvalue weighted by atomic mass is 10.2. The average Bonchev–Trinajstić information content (AvgIpc) is 2.88. The summed E-state index contributed by atoms with van der Waals surface area (Å²) in [4.78, 5) is 0. The summed E-state index contributed by atoms with van der Waals surface area (Å²) < 4.78 is 0. The summed E-state index contributed by atoms with van der Waals surface area (Å²) in [5.74, 6) is 0. The summed E-state index contributed by atoms with van der Waals surface area (Å²) in [6, 6.07) is 20.3. The van der Waals surface area contributed by atoms with Crippen LogP contribution in [0.1, 0.15) is 10.6 Å². The van der Waals surface area contributed by atoms with Crippen molar-refractivity contribution in [3.05, 3.63) is 71.2 Å². The first kappa shape index (κ1) is 11.9. The fraction of sp³-hybridized carbons (Fsp3) is 0.0667. The minimum atomic E-state index is 0.828. The Morgan fingerprint density at radius 3 is 2.26 bits per heavy atom. The first-order valence-electron chi connectivity index (χ1n) is 6.08. The zero-order valence-corrected chi connectivity index (χ0v) is 11.1. The van der Waals surface area contributed by atoms with Crippen molar-refractivity contribution in [3.63, 3.8) is 0 Å². The van der Waals surface area contributed by atoms with Crippen LogP contribution in [0, 0.1) is 0 Å². The van der Waals surface area contributed by atoms with Gasteiger partial charge in [-0.1, -0.05) is 59.9 Å². The summed E-state index contributed by atoms with van der Waals surface area (Å²) in [6.45, 7) is 0. The van der Waals surface area contributed by atoms with Crippen molar-refractivity contribution < 1.29 is 0 Å². The second kappa shape index (κ2) is 5.63. The molecule has 0 spiro atoms. The lowest BCUT2D eigenvalue weighted by Crippen LogP contribution is -1.88. The molecule has 1 heterocycles. The second-order valence-corrected chi connectivity index (χ2v) is 5.22. The van der Waals surface area contributed by atoms with E-state index in [-0.39, 0.29) is 0 Å².